The lowest BCUT2D eigenvalue weighted by Crippen LogP contribution is -2.38. The van der Waals surface area contributed by atoms with E-state index in [-0.39, 0.29) is 12.4 Å². The molecule has 0 amide bonds. The maximum absolute atomic E-state index is 4.31. The van der Waals surface area contributed by atoms with Crippen molar-refractivity contribution in [1.29, 1.82) is 0 Å². The minimum Gasteiger partial charge on any atom is -0.317 e. The van der Waals surface area contributed by atoms with Crippen LogP contribution in [0.25, 0.3) is 11.3 Å². The SMILES string of the molecule is Cc1cccc(-c2[nH]ncc2CN2CCC3(CCNCC3)C2)c1.Cl. The summed E-state index contributed by atoms with van der Waals surface area (Å²) in [6, 6.07) is 8.66. The second kappa shape index (κ2) is 7.26. The number of likely N-dealkylation sites (tertiary alicyclic amines) is 1. The third-order valence-electron chi connectivity index (χ3n) is 5.60. The zero-order chi connectivity index (χ0) is 15.7. The number of hydrogen-bond acceptors (Lipinski definition) is 3. The lowest BCUT2D eigenvalue weighted by atomic mass is 9.78. The molecule has 0 saturated carbocycles. The van der Waals surface area contributed by atoms with Crippen LogP contribution in [-0.2, 0) is 6.54 Å². The van der Waals surface area contributed by atoms with Crippen LogP contribution in [0.15, 0.2) is 30.5 Å². The fraction of sp³-hybridized carbons (Fsp3) is 0.526. The van der Waals surface area contributed by atoms with Crippen molar-refractivity contribution in [1.82, 2.24) is 20.4 Å². The first-order valence-corrected chi connectivity index (χ1v) is 8.77. The van der Waals surface area contributed by atoms with E-state index in [0.29, 0.717) is 5.41 Å². The van der Waals surface area contributed by atoms with Gasteiger partial charge in [-0.15, -0.1) is 12.4 Å². The molecule has 1 aromatic carbocycles. The molecular weight excluding hydrogens is 320 g/mol. The van der Waals surface area contributed by atoms with Gasteiger partial charge in [0.15, 0.2) is 0 Å². The molecular formula is C19H27ClN4. The van der Waals surface area contributed by atoms with Gasteiger partial charge >= 0.3 is 0 Å². The first-order valence-electron chi connectivity index (χ1n) is 8.77. The molecule has 2 aromatic rings. The number of aromatic nitrogens is 2. The predicted molar refractivity (Wildman–Crippen MR) is 100 cm³/mol. The molecule has 2 saturated heterocycles. The second-order valence-electron chi connectivity index (χ2n) is 7.35. The third kappa shape index (κ3) is 3.51. The van der Waals surface area contributed by atoms with E-state index < -0.39 is 0 Å². The highest BCUT2D eigenvalue weighted by atomic mass is 35.5. The van der Waals surface area contributed by atoms with Crippen LogP contribution >= 0.6 is 12.4 Å². The molecule has 24 heavy (non-hydrogen) atoms. The number of nitrogens with one attached hydrogen (secondary N) is 2. The topological polar surface area (TPSA) is 44.0 Å². The quantitative estimate of drug-likeness (QED) is 0.895. The van der Waals surface area contributed by atoms with E-state index in [4.69, 9.17) is 0 Å². The molecule has 5 heteroatoms. The number of H-pyrrole nitrogens is 1. The van der Waals surface area contributed by atoms with E-state index in [1.54, 1.807) is 0 Å². The van der Waals surface area contributed by atoms with Gasteiger partial charge in [0.25, 0.3) is 0 Å². The third-order valence-corrected chi connectivity index (χ3v) is 5.60. The Morgan fingerprint density at radius 1 is 1.21 bits per heavy atom. The number of hydrogen-bond donors (Lipinski definition) is 2. The zero-order valence-electron chi connectivity index (χ0n) is 14.3. The van der Waals surface area contributed by atoms with Crippen molar-refractivity contribution >= 4 is 12.4 Å². The van der Waals surface area contributed by atoms with Crippen LogP contribution in [0.4, 0.5) is 0 Å². The van der Waals surface area contributed by atoms with E-state index in [2.05, 4.69) is 51.6 Å². The van der Waals surface area contributed by atoms with Crippen LogP contribution in [0.2, 0.25) is 0 Å². The van der Waals surface area contributed by atoms with Crippen molar-refractivity contribution in [3.05, 3.63) is 41.6 Å². The smallest absolute Gasteiger partial charge is 0.0695 e. The Labute approximate surface area is 150 Å². The number of rotatable bonds is 3. The van der Waals surface area contributed by atoms with E-state index >= 15 is 0 Å². The summed E-state index contributed by atoms with van der Waals surface area (Å²) in [6.45, 7) is 7.99. The molecule has 2 aliphatic heterocycles. The summed E-state index contributed by atoms with van der Waals surface area (Å²) in [5, 5.41) is 11.0. The van der Waals surface area contributed by atoms with Gasteiger partial charge in [-0.1, -0.05) is 23.8 Å². The van der Waals surface area contributed by atoms with Crippen LogP contribution in [0.3, 0.4) is 0 Å². The van der Waals surface area contributed by atoms with Crippen LogP contribution in [-0.4, -0.2) is 41.3 Å². The summed E-state index contributed by atoms with van der Waals surface area (Å²) in [6.07, 6.45) is 6.02. The van der Waals surface area contributed by atoms with Gasteiger partial charge in [-0.3, -0.25) is 10.00 Å². The number of aryl methyl sites for hydroxylation is 1. The van der Waals surface area contributed by atoms with E-state index in [1.165, 1.54) is 67.8 Å². The van der Waals surface area contributed by atoms with Crippen molar-refractivity contribution in [3.8, 4) is 11.3 Å². The summed E-state index contributed by atoms with van der Waals surface area (Å²) in [5.41, 5.74) is 5.60. The van der Waals surface area contributed by atoms with Gasteiger partial charge in [-0.25, -0.2) is 0 Å². The van der Waals surface area contributed by atoms with Crippen LogP contribution in [0.5, 0.6) is 0 Å². The molecule has 2 fully saturated rings. The van der Waals surface area contributed by atoms with Crippen molar-refractivity contribution in [3.63, 3.8) is 0 Å². The van der Waals surface area contributed by atoms with Gasteiger partial charge in [0, 0.05) is 24.2 Å². The van der Waals surface area contributed by atoms with Crippen LogP contribution in [0.1, 0.15) is 30.4 Å². The molecule has 3 heterocycles. The minimum atomic E-state index is 0. The molecule has 4 nitrogen and oxygen atoms in total. The van der Waals surface area contributed by atoms with Gasteiger partial charge in [0.2, 0.25) is 0 Å². The molecule has 0 atom stereocenters. The molecule has 0 aliphatic carbocycles. The molecule has 0 radical (unpaired) electrons. The monoisotopic (exact) mass is 346 g/mol. The maximum atomic E-state index is 4.31. The Kier molecular flexibility index (Phi) is 5.28. The zero-order valence-corrected chi connectivity index (χ0v) is 15.2. The van der Waals surface area contributed by atoms with Crippen molar-refractivity contribution in [2.75, 3.05) is 26.2 Å². The normalized spacial score (nSPS) is 20.2. The molecule has 1 aromatic heterocycles. The minimum absolute atomic E-state index is 0. The number of benzene rings is 1. The number of nitrogens with zero attached hydrogens (tertiary/aromatic N) is 2. The average molecular weight is 347 g/mol. The highest BCUT2D eigenvalue weighted by Crippen LogP contribution is 2.39. The Hall–Kier alpha value is -1.36. The van der Waals surface area contributed by atoms with Crippen LogP contribution < -0.4 is 5.32 Å². The fourth-order valence-electron chi connectivity index (χ4n) is 4.25. The maximum Gasteiger partial charge on any atom is 0.0695 e. The summed E-state index contributed by atoms with van der Waals surface area (Å²) >= 11 is 0. The molecule has 4 rings (SSSR count). The summed E-state index contributed by atoms with van der Waals surface area (Å²) in [5.74, 6) is 0. The number of piperidine rings is 1. The Morgan fingerprint density at radius 3 is 2.83 bits per heavy atom. The summed E-state index contributed by atoms with van der Waals surface area (Å²) < 4.78 is 0. The summed E-state index contributed by atoms with van der Waals surface area (Å²) in [4.78, 5) is 2.62. The molecule has 0 bridgehead atoms. The van der Waals surface area contributed by atoms with E-state index in [9.17, 15) is 0 Å². The lowest BCUT2D eigenvalue weighted by molar-refractivity contribution is 0.194. The van der Waals surface area contributed by atoms with Crippen molar-refractivity contribution < 1.29 is 0 Å². The van der Waals surface area contributed by atoms with Gasteiger partial charge < -0.3 is 5.32 Å². The van der Waals surface area contributed by atoms with Crippen molar-refractivity contribution in [2.24, 2.45) is 5.41 Å². The van der Waals surface area contributed by atoms with Gasteiger partial charge in [0.05, 0.1) is 11.9 Å². The van der Waals surface area contributed by atoms with Gasteiger partial charge in [0.1, 0.15) is 0 Å². The predicted octanol–water partition coefficient (Wildman–Crippen LogP) is 3.38. The highest BCUT2D eigenvalue weighted by Gasteiger charge is 2.38. The largest absolute Gasteiger partial charge is 0.317 e. The Bertz CT molecular complexity index is 676. The number of halogens is 1. The molecule has 130 valence electrons. The highest BCUT2D eigenvalue weighted by molar-refractivity contribution is 5.85. The molecule has 1 spiro atoms. The van der Waals surface area contributed by atoms with Gasteiger partial charge in [-0.2, -0.15) is 5.10 Å². The molecule has 2 aliphatic rings. The lowest BCUT2D eigenvalue weighted by Gasteiger charge is -2.33. The van der Waals surface area contributed by atoms with Crippen molar-refractivity contribution in [2.45, 2.75) is 32.7 Å². The first kappa shape index (κ1) is 17.5. The van der Waals surface area contributed by atoms with E-state index in [0.717, 1.165) is 6.54 Å². The summed E-state index contributed by atoms with van der Waals surface area (Å²) in [7, 11) is 0. The number of aromatic amines is 1. The molecule has 0 unspecified atom stereocenters. The van der Waals surface area contributed by atoms with Crippen LogP contribution in [0, 0.1) is 12.3 Å². The second-order valence-corrected chi connectivity index (χ2v) is 7.35. The average Bonchev–Trinajstić information content (AvgIpc) is 3.16. The Morgan fingerprint density at radius 2 is 2.04 bits per heavy atom. The Balaban J connectivity index is 0.00000169. The standard InChI is InChI=1S/C19H26N4.ClH/c1-15-3-2-4-16(11-15)18-17(12-21-22-18)13-23-10-7-19(14-23)5-8-20-9-6-19;/h2-4,11-12,20H,5-10,13-14H2,1H3,(H,21,22);1H. The molecule has 2 N–H and O–H groups in total. The first-order chi connectivity index (χ1) is 11.2. The van der Waals surface area contributed by atoms with E-state index in [1.807, 2.05) is 6.20 Å². The van der Waals surface area contributed by atoms with Gasteiger partial charge in [-0.05, 0) is 57.3 Å². The fourth-order valence-corrected chi connectivity index (χ4v) is 4.25.